The fraction of sp³-hybridized carbons (Fsp3) is 0.273. The second-order valence-corrected chi connectivity index (χ2v) is 5.02. The van der Waals surface area contributed by atoms with E-state index in [0.29, 0.717) is 15.9 Å². The summed E-state index contributed by atoms with van der Waals surface area (Å²) in [6.45, 7) is 1.76. The first-order valence-corrected chi connectivity index (χ1v) is 6.15. The molecule has 0 heterocycles. The van der Waals surface area contributed by atoms with E-state index in [1.807, 2.05) is 0 Å². The van der Waals surface area contributed by atoms with Gasteiger partial charge < -0.3 is 11.1 Å². The van der Waals surface area contributed by atoms with E-state index >= 15 is 0 Å². The highest BCUT2D eigenvalue weighted by atomic mass is 79.9. The number of hydrogen-bond acceptors (Lipinski definition) is 2. The molecule has 1 aromatic carbocycles. The smallest absolute Gasteiger partial charge is 0.255 e. The molecule has 0 fully saturated rings. The number of thiocarbonyl (C=S) groups is 1. The zero-order chi connectivity index (χ0) is 13.0. The Bertz CT molecular complexity index is 433. The molecule has 0 saturated carbocycles. The maximum absolute atomic E-state index is 13.5. The first kappa shape index (κ1) is 14.1. The molecule has 1 rings (SSSR count). The lowest BCUT2D eigenvalue weighted by Crippen LogP contribution is -2.35. The number of hydrogen-bond donors (Lipinski definition) is 2. The molecule has 3 nitrogen and oxygen atoms in total. The van der Waals surface area contributed by atoms with Crippen molar-refractivity contribution in [3.05, 3.63) is 34.1 Å². The maximum Gasteiger partial charge on any atom is 0.255 e. The summed E-state index contributed by atoms with van der Waals surface area (Å²) in [5.74, 6) is -1.06. The van der Waals surface area contributed by atoms with E-state index in [1.165, 1.54) is 12.1 Å². The molecule has 1 aromatic rings. The highest BCUT2D eigenvalue weighted by Crippen LogP contribution is 2.19. The number of benzene rings is 1. The highest BCUT2D eigenvalue weighted by molar-refractivity contribution is 9.10. The Balaban J connectivity index is 2.80. The number of carbonyl (C=O) groups is 1. The molecular formula is C11H12BrFN2OS. The lowest BCUT2D eigenvalue weighted by molar-refractivity contribution is 0.0936. The maximum atomic E-state index is 13.5. The van der Waals surface area contributed by atoms with Crippen LogP contribution >= 0.6 is 28.1 Å². The molecule has 0 aliphatic carbocycles. The molecule has 0 spiro atoms. The van der Waals surface area contributed by atoms with Gasteiger partial charge in [-0.1, -0.05) is 18.3 Å². The average molecular weight is 319 g/mol. The van der Waals surface area contributed by atoms with Gasteiger partial charge in [0.1, 0.15) is 5.82 Å². The molecule has 6 heteroatoms. The number of nitrogens with one attached hydrogen (secondary N) is 1. The molecule has 0 radical (unpaired) electrons. The monoisotopic (exact) mass is 318 g/mol. The summed E-state index contributed by atoms with van der Waals surface area (Å²) in [4.78, 5) is 12.1. The van der Waals surface area contributed by atoms with Crippen LogP contribution in [0.4, 0.5) is 4.39 Å². The molecule has 0 bridgehead atoms. The summed E-state index contributed by atoms with van der Waals surface area (Å²) in [6, 6.07) is 4.13. The third-order valence-electron chi connectivity index (χ3n) is 2.07. The number of nitrogens with two attached hydrogens (primary N) is 1. The zero-order valence-electron chi connectivity index (χ0n) is 9.17. The molecule has 17 heavy (non-hydrogen) atoms. The van der Waals surface area contributed by atoms with E-state index in [2.05, 4.69) is 21.2 Å². The van der Waals surface area contributed by atoms with Crippen LogP contribution in [0.5, 0.6) is 0 Å². The minimum Gasteiger partial charge on any atom is -0.393 e. The summed E-state index contributed by atoms with van der Waals surface area (Å²) in [5.41, 5.74) is 5.35. The Morgan fingerprint density at radius 3 is 2.82 bits per heavy atom. The lowest BCUT2D eigenvalue weighted by Gasteiger charge is -2.14. The van der Waals surface area contributed by atoms with Crippen LogP contribution in [0.15, 0.2) is 22.7 Å². The number of carbonyl (C=O) groups excluding carboxylic acids is 1. The highest BCUT2D eigenvalue weighted by Gasteiger charge is 2.17. The van der Waals surface area contributed by atoms with Gasteiger partial charge in [0.2, 0.25) is 0 Å². The molecule has 92 valence electrons. The van der Waals surface area contributed by atoms with Gasteiger partial charge in [0.25, 0.3) is 5.91 Å². The van der Waals surface area contributed by atoms with E-state index in [-0.39, 0.29) is 11.6 Å². The normalized spacial score (nSPS) is 11.9. The third kappa shape index (κ3) is 4.05. The third-order valence-corrected chi connectivity index (χ3v) is 2.90. The first-order chi connectivity index (χ1) is 7.91. The Hall–Kier alpha value is -1.01. The first-order valence-electron chi connectivity index (χ1n) is 4.95. The predicted octanol–water partition coefficient (Wildman–Crippen LogP) is 2.38. The van der Waals surface area contributed by atoms with Crippen molar-refractivity contribution < 1.29 is 9.18 Å². The van der Waals surface area contributed by atoms with Gasteiger partial charge in [-0.3, -0.25) is 4.79 Å². The van der Waals surface area contributed by atoms with E-state index in [4.69, 9.17) is 18.0 Å². The van der Waals surface area contributed by atoms with Crippen molar-refractivity contribution >= 4 is 39.0 Å². The Labute approximate surface area is 113 Å². The van der Waals surface area contributed by atoms with Gasteiger partial charge in [-0.2, -0.15) is 0 Å². The van der Waals surface area contributed by atoms with Crippen LogP contribution in [0, 0.1) is 5.82 Å². The van der Waals surface area contributed by atoms with Crippen molar-refractivity contribution in [2.75, 3.05) is 0 Å². The Kier molecular flexibility index (Phi) is 5.02. The summed E-state index contributed by atoms with van der Waals surface area (Å²) < 4.78 is 13.9. The second kappa shape index (κ2) is 6.07. The molecule has 1 unspecified atom stereocenters. The van der Waals surface area contributed by atoms with Crippen LogP contribution in [0.25, 0.3) is 0 Å². The minimum absolute atomic E-state index is 0.0118. The van der Waals surface area contributed by atoms with Gasteiger partial charge >= 0.3 is 0 Å². The zero-order valence-corrected chi connectivity index (χ0v) is 11.6. The van der Waals surface area contributed by atoms with Crippen molar-refractivity contribution in [2.45, 2.75) is 19.4 Å². The van der Waals surface area contributed by atoms with Crippen molar-refractivity contribution in [3.8, 4) is 0 Å². The molecule has 1 amide bonds. The Morgan fingerprint density at radius 1 is 1.65 bits per heavy atom. The van der Waals surface area contributed by atoms with Gasteiger partial charge in [0.15, 0.2) is 0 Å². The number of halogens is 2. The second-order valence-electron chi connectivity index (χ2n) is 3.64. The molecule has 0 aliphatic heterocycles. The van der Waals surface area contributed by atoms with Crippen molar-refractivity contribution in [3.63, 3.8) is 0 Å². The fourth-order valence-corrected chi connectivity index (χ4v) is 2.14. The van der Waals surface area contributed by atoms with Crippen LogP contribution in [-0.4, -0.2) is 16.9 Å². The summed E-state index contributed by atoms with van der Waals surface area (Å²) in [7, 11) is 0. The molecular weight excluding hydrogens is 307 g/mol. The Morgan fingerprint density at radius 2 is 2.29 bits per heavy atom. The molecule has 0 aromatic heterocycles. The van der Waals surface area contributed by atoms with E-state index in [0.717, 1.165) is 0 Å². The van der Waals surface area contributed by atoms with Gasteiger partial charge in [-0.25, -0.2) is 4.39 Å². The van der Waals surface area contributed by atoms with Crippen LogP contribution in [0.3, 0.4) is 0 Å². The molecule has 3 N–H and O–H groups in total. The van der Waals surface area contributed by atoms with Gasteiger partial charge in [-0.05, 0) is 35.0 Å². The average Bonchev–Trinajstić information content (AvgIpc) is 2.15. The van der Waals surface area contributed by atoms with Crippen LogP contribution in [-0.2, 0) is 0 Å². The standard InChI is InChI=1S/C11H12BrFN2OS/c1-6(5-9(14)17)15-11(16)10-7(12)3-2-4-8(10)13/h2-4,6H,5H2,1H3,(H2,14,17)(H,15,16). The number of rotatable bonds is 4. The number of amides is 1. The fourth-order valence-electron chi connectivity index (χ4n) is 1.36. The van der Waals surface area contributed by atoms with Gasteiger partial charge in [-0.15, -0.1) is 0 Å². The SMILES string of the molecule is CC(CC(N)=S)NC(=O)c1c(F)cccc1Br. The van der Waals surface area contributed by atoms with Crippen molar-refractivity contribution in [2.24, 2.45) is 5.73 Å². The van der Waals surface area contributed by atoms with Gasteiger partial charge in [0, 0.05) is 16.9 Å². The predicted molar refractivity (Wildman–Crippen MR) is 72.4 cm³/mol. The summed E-state index contributed by atoms with van der Waals surface area (Å²) >= 11 is 7.87. The van der Waals surface area contributed by atoms with Crippen LogP contribution in [0.2, 0.25) is 0 Å². The molecule has 0 aliphatic rings. The van der Waals surface area contributed by atoms with Crippen LogP contribution < -0.4 is 11.1 Å². The summed E-state index contributed by atoms with van der Waals surface area (Å²) in [6.07, 6.45) is 0.382. The largest absolute Gasteiger partial charge is 0.393 e. The molecule has 1 atom stereocenters. The van der Waals surface area contributed by atoms with E-state index in [9.17, 15) is 9.18 Å². The molecule has 0 saturated heterocycles. The minimum atomic E-state index is -0.570. The topological polar surface area (TPSA) is 55.1 Å². The van der Waals surface area contributed by atoms with E-state index in [1.54, 1.807) is 13.0 Å². The lowest BCUT2D eigenvalue weighted by atomic mass is 10.1. The van der Waals surface area contributed by atoms with E-state index < -0.39 is 11.7 Å². The summed E-state index contributed by atoms with van der Waals surface area (Å²) in [5, 5.41) is 2.63. The van der Waals surface area contributed by atoms with Gasteiger partial charge in [0.05, 0.1) is 10.6 Å². The quantitative estimate of drug-likeness (QED) is 0.838. The van der Waals surface area contributed by atoms with Crippen LogP contribution in [0.1, 0.15) is 23.7 Å². The van der Waals surface area contributed by atoms with Crippen molar-refractivity contribution in [1.29, 1.82) is 0 Å². The van der Waals surface area contributed by atoms with Crippen molar-refractivity contribution in [1.82, 2.24) is 5.32 Å².